The van der Waals surface area contributed by atoms with Gasteiger partial charge in [-0.1, -0.05) is 6.07 Å². The van der Waals surface area contributed by atoms with Gasteiger partial charge in [0.05, 0.1) is 12.0 Å². The number of carbonyl (C=O) groups is 3. The molecule has 1 saturated heterocycles. The fraction of sp³-hybridized carbons (Fsp3) is 0.190. The number of thioether (sulfide) groups is 1. The van der Waals surface area contributed by atoms with E-state index in [0.717, 1.165) is 16.0 Å². The summed E-state index contributed by atoms with van der Waals surface area (Å²) in [4.78, 5) is 38.5. The van der Waals surface area contributed by atoms with Crippen LogP contribution in [-0.4, -0.2) is 40.7 Å². The number of halogens is 2. The minimum atomic E-state index is -0.615. The summed E-state index contributed by atoms with van der Waals surface area (Å²) in [5.74, 6) is -1.08. The van der Waals surface area contributed by atoms with Gasteiger partial charge in [-0.25, -0.2) is 0 Å². The molecule has 0 aromatic heterocycles. The highest BCUT2D eigenvalue weighted by atomic mass is 79.9. The van der Waals surface area contributed by atoms with E-state index in [4.69, 9.17) is 4.74 Å². The second kappa shape index (κ2) is 9.46. The quantitative estimate of drug-likeness (QED) is 0.479. The second-order valence-corrected chi connectivity index (χ2v) is 9.39. The van der Waals surface area contributed by atoms with Crippen molar-refractivity contribution in [3.8, 4) is 11.5 Å². The number of nitrogens with one attached hydrogen (secondary N) is 1. The second-order valence-electron chi connectivity index (χ2n) is 6.75. The van der Waals surface area contributed by atoms with Gasteiger partial charge < -0.3 is 15.2 Å². The maximum Gasteiger partial charge on any atom is 0.294 e. The molecule has 0 atom stereocenters. The highest BCUT2D eigenvalue weighted by molar-refractivity contribution is 9.13. The number of hydrogen-bond acceptors (Lipinski definition) is 6. The van der Waals surface area contributed by atoms with Crippen LogP contribution in [0.4, 0.5) is 10.5 Å². The third kappa shape index (κ3) is 4.97. The van der Waals surface area contributed by atoms with Crippen molar-refractivity contribution in [2.24, 2.45) is 0 Å². The van der Waals surface area contributed by atoms with Crippen LogP contribution in [0.1, 0.15) is 16.7 Å². The first-order valence-corrected chi connectivity index (χ1v) is 11.4. The predicted octanol–water partition coefficient (Wildman–Crippen LogP) is 5.22. The zero-order chi connectivity index (χ0) is 22.9. The van der Waals surface area contributed by atoms with Crippen LogP contribution >= 0.6 is 43.6 Å². The summed E-state index contributed by atoms with van der Waals surface area (Å²) in [6.07, 6.45) is 1.39. The number of methoxy groups -OCH3 is 1. The largest absolute Gasteiger partial charge is 0.504 e. The van der Waals surface area contributed by atoms with E-state index >= 15 is 0 Å². The van der Waals surface area contributed by atoms with Crippen molar-refractivity contribution in [2.45, 2.75) is 13.8 Å². The van der Waals surface area contributed by atoms with Crippen LogP contribution in [-0.2, 0) is 9.59 Å². The number of phenolic OH excluding ortho intramolecular Hbond substituents is 1. The Morgan fingerprint density at radius 1 is 1.23 bits per heavy atom. The fourth-order valence-electron chi connectivity index (χ4n) is 2.83. The van der Waals surface area contributed by atoms with Crippen molar-refractivity contribution in [1.29, 1.82) is 0 Å². The Balaban J connectivity index is 1.80. The molecule has 31 heavy (non-hydrogen) atoms. The molecule has 10 heteroatoms. The van der Waals surface area contributed by atoms with Gasteiger partial charge in [0.15, 0.2) is 11.5 Å². The third-order valence-corrected chi connectivity index (χ3v) is 7.57. The van der Waals surface area contributed by atoms with E-state index in [-0.39, 0.29) is 22.0 Å². The summed E-state index contributed by atoms with van der Waals surface area (Å²) < 4.78 is 6.22. The molecule has 0 aliphatic carbocycles. The topological polar surface area (TPSA) is 95.9 Å². The summed E-state index contributed by atoms with van der Waals surface area (Å²) in [6.45, 7) is 3.48. The number of phenols is 1. The van der Waals surface area contributed by atoms with Gasteiger partial charge in [-0.15, -0.1) is 0 Å². The van der Waals surface area contributed by atoms with Gasteiger partial charge in [-0.2, -0.15) is 0 Å². The molecular weight excluding hydrogens is 552 g/mol. The number of aryl methyl sites for hydroxylation is 2. The molecule has 2 aromatic rings. The zero-order valence-electron chi connectivity index (χ0n) is 16.8. The Hall–Kier alpha value is -2.30. The molecular formula is C21H18Br2N2O5S. The first-order chi connectivity index (χ1) is 14.6. The number of benzene rings is 2. The average Bonchev–Trinajstić information content (AvgIpc) is 2.98. The van der Waals surface area contributed by atoms with Crippen LogP contribution in [0.5, 0.6) is 11.5 Å². The third-order valence-electron chi connectivity index (χ3n) is 4.65. The van der Waals surface area contributed by atoms with Gasteiger partial charge in [0, 0.05) is 20.2 Å². The molecule has 1 heterocycles. The van der Waals surface area contributed by atoms with Crippen molar-refractivity contribution in [3.63, 3.8) is 0 Å². The fourth-order valence-corrected chi connectivity index (χ4v) is 4.49. The molecule has 1 aliphatic heterocycles. The van der Waals surface area contributed by atoms with Crippen molar-refractivity contribution >= 4 is 72.4 Å². The molecule has 2 N–H and O–H groups in total. The SMILES string of the molecule is COc1cc(Br)c(Br)c(/C=C2/SC(=O)N(CC(=O)Nc3ccc(C)c(C)c3)C2=O)c1O. The number of ether oxygens (including phenoxy) is 1. The lowest BCUT2D eigenvalue weighted by molar-refractivity contribution is -0.127. The van der Waals surface area contributed by atoms with Crippen LogP contribution in [0.15, 0.2) is 38.1 Å². The van der Waals surface area contributed by atoms with Gasteiger partial charge in [-0.05, 0) is 92.9 Å². The summed E-state index contributed by atoms with van der Waals surface area (Å²) in [7, 11) is 1.40. The highest BCUT2D eigenvalue weighted by Gasteiger charge is 2.36. The lowest BCUT2D eigenvalue weighted by Gasteiger charge is -2.13. The molecule has 3 amide bonds. The number of imide groups is 1. The first-order valence-electron chi connectivity index (χ1n) is 8.99. The maximum absolute atomic E-state index is 12.8. The van der Waals surface area contributed by atoms with E-state index in [1.165, 1.54) is 13.2 Å². The van der Waals surface area contributed by atoms with E-state index in [1.54, 1.807) is 12.1 Å². The van der Waals surface area contributed by atoms with Gasteiger partial charge in [0.2, 0.25) is 5.91 Å². The summed E-state index contributed by atoms with van der Waals surface area (Å²) in [5, 5.41) is 12.6. The number of aromatic hydroxyl groups is 1. The van der Waals surface area contributed by atoms with E-state index < -0.39 is 23.6 Å². The highest BCUT2D eigenvalue weighted by Crippen LogP contribution is 2.43. The molecule has 1 fully saturated rings. The zero-order valence-corrected chi connectivity index (χ0v) is 20.8. The minimum Gasteiger partial charge on any atom is -0.504 e. The van der Waals surface area contributed by atoms with Gasteiger partial charge in [0.25, 0.3) is 11.1 Å². The Bertz CT molecular complexity index is 1130. The van der Waals surface area contributed by atoms with Gasteiger partial charge in [0.1, 0.15) is 6.54 Å². The van der Waals surface area contributed by atoms with E-state index in [0.29, 0.717) is 26.4 Å². The number of nitrogens with zero attached hydrogens (tertiary/aromatic N) is 1. The van der Waals surface area contributed by atoms with Crippen LogP contribution in [0.2, 0.25) is 0 Å². The number of amides is 3. The predicted molar refractivity (Wildman–Crippen MR) is 127 cm³/mol. The summed E-state index contributed by atoms with van der Waals surface area (Å²) >= 11 is 7.39. The summed E-state index contributed by atoms with van der Waals surface area (Å²) in [6, 6.07) is 7.03. The molecule has 0 saturated carbocycles. The van der Waals surface area contributed by atoms with Crippen LogP contribution in [0.25, 0.3) is 6.08 Å². The van der Waals surface area contributed by atoms with Crippen molar-refractivity contribution in [2.75, 3.05) is 19.0 Å². The molecule has 0 radical (unpaired) electrons. The van der Waals surface area contributed by atoms with E-state index in [2.05, 4.69) is 37.2 Å². The number of hydrogen-bond donors (Lipinski definition) is 2. The molecule has 1 aliphatic rings. The lowest BCUT2D eigenvalue weighted by Crippen LogP contribution is -2.36. The molecule has 0 spiro atoms. The van der Waals surface area contributed by atoms with Gasteiger partial charge in [-0.3, -0.25) is 19.3 Å². The van der Waals surface area contributed by atoms with Gasteiger partial charge >= 0.3 is 0 Å². The standard InChI is InChI=1S/C21H18Br2N2O5S/c1-10-4-5-12(6-11(10)2)24-17(26)9-25-20(28)16(31-21(25)29)7-13-18(23)14(22)8-15(30-3)19(13)27/h4-8,27H,9H2,1-3H3,(H,24,26)/b16-7+. The van der Waals surface area contributed by atoms with Crippen molar-refractivity contribution in [3.05, 3.63) is 54.8 Å². The Morgan fingerprint density at radius 2 is 1.94 bits per heavy atom. The smallest absolute Gasteiger partial charge is 0.294 e. The van der Waals surface area contributed by atoms with Crippen molar-refractivity contribution in [1.82, 2.24) is 4.90 Å². The van der Waals surface area contributed by atoms with Crippen LogP contribution < -0.4 is 10.1 Å². The minimum absolute atomic E-state index is 0.0835. The Morgan fingerprint density at radius 3 is 2.58 bits per heavy atom. The Labute approximate surface area is 200 Å². The first kappa shape index (κ1) is 23.4. The van der Waals surface area contributed by atoms with E-state index in [9.17, 15) is 19.5 Å². The van der Waals surface area contributed by atoms with Crippen LogP contribution in [0, 0.1) is 13.8 Å². The molecule has 162 valence electrons. The molecule has 0 unspecified atom stereocenters. The number of rotatable bonds is 5. The number of carbonyl (C=O) groups excluding carboxylic acids is 3. The average molecular weight is 570 g/mol. The monoisotopic (exact) mass is 568 g/mol. The lowest BCUT2D eigenvalue weighted by atomic mass is 10.1. The summed E-state index contributed by atoms with van der Waals surface area (Å²) in [5.41, 5.74) is 2.97. The molecule has 7 nitrogen and oxygen atoms in total. The molecule has 2 aromatic carbocycles. The number of anilines is 1. The molecule has 0 bridgehead atoms. The normalized spacial score (nSPS) is 15.0. The van der Waals surface area contributed by atoms with Crippen molar-refractivity contribution < 1.29 is 24.2 Å². The molecule has 3 rings (SSSR count). The maximum atomic E-state index is 12.8. The van der Waals surface area contributed by atoms with E-state index in [1.807, 2.05) is 26.0 Å². The van der Waals surface area contributed by atoms with Crippen LogP contribution in [0.3, 0.4) is 0 Å². The Kier molecular flexibility index (Phi) is 7.13.